The van der Waals surface area contributed by atoms with Crippen LogP contribution >= 0.6 is 15.9 Å². The van der Waals surface area contributed by atoms with Crippen LogP contribution in [0.25, 0.3) is 0 Å². The first-order valence-corrected chi connectivity index (χ1v) is 6.77. The van der Waals surface area contributed by atoms with Crippen LogP contribution in [-0.2, 0) is 0 Å². The fourth-order valence-corrected chi connectivity index (χ4v) is 2.33. The summed E-state index contributed by atoms with van der Waals surface area (Å²) in [6, 6.07) is 13.0. The third kappa shape index (κ3) is 2.94. The number of carbonyl (C=O) groups is 1. The van der Waals surface area contributed by atoms with Gasteiger partial charge in [0.25, 0.3) is 0 Å². The van der Waals surface area contributed by atoms with Gasteiger partial charge in [0.2, 0.25) is 0 Å². The quantitative estimate of drug-likeness (QED) is 0.783. The molecule has 0 N–H and O–H groups in total. The number of hydrogen-bond acceptors (Lipinski definition) is 2. The average Bonchev–Trinajstić information content (AvgIpc) is 2.44. The Morgan fingerprint density at radius 1 is 1.25 bits per heavy atom. The van der Waals surface area contributed by atoms with Crippen molar-refractivity contribution in [2.24, 2.45) is 0 Å². The summed E-state index contributed by atoms with van der Waals surface area (Å²) in [5.74, 6) is -1.85. The molecule has 0 radical (unpaired) electrons. The molecule has 100 valence electrons. The van der Waals surface area contributed by atoms with E-state index in [1.807, 2.05) is 25.1 Å². The standard InChI is InChI=1S/C16H11BrFNO/c1-10-2-4-11(5-3-10)14(9-19)16(20)13-8-12(18)6-7-15(13)17/h2-8,14H,1H3. The lowest BCUT2D eigenvalue weighted by Gasteiger charge is -2.10. The normalized spacial score (nSPS) is 11.7. The molecule has 0 aliphatic carbocycles. The summed E-state index contributed by atoms with van der Waals surface area (Å²) in [7, 11) is 0. The number of Topliss-reactive ketones (excluding diaryl/α,β-unsaturated/α-hetero) is 1. The van der Waals surface area contributed by atoms with Gasteiger partial charge >= 0.3 is 0 Å². The third-order valence-corrected chi connectivity index (χ3v) is 3.69. The van der Waals surface area contributed by atoms with Crippen molar-refractivity contribution in [2.75, 3.05) is 0 Å². The Hall–Kier alpha value is -1.99. The molecule has 0 spiro atoms. The van der Waals surface area contributed by atoms with Gasteiger partial charge in [0.15, 0.2) is 5.78 Å². The molecule has 0 bridgehead atoms. The van der Waals surface area contributed by atoms with Crippen LogP contribution in [-0.4, -0.2) is 5.78 Å². The maximum absolute atomic E-state index is 13.3. The number of carbonyl (C=O) groups excluding carboxylic acids is 1. The maximum Gasteiger partial charge on any atom is 0.185 e. The highest BCUT2D eigenvalue weighted by Crippen LogP contribution is 2.26. The number of benzene rings is 2. The molecule has 20 heavy (non-hydrogen) atoms. The van der Waals surface area contributed by atoms with Crippen molar-refractivity contribution in [3.63, 3.8) is 0 Å². The smallest absolute Gasteiger partial charge is 0.185 e. The number of aryl methyl sites for hydroxylation is 1. The molecule has 0 saturated carbocycles. The zero-order valence-electron chi connectivity index (χ0n) is 10.7. The molecule has 2 aromatic rings. The second kappa shape index (κ2) is 5.98. The molecule has 4 heteroatoms. The highest BCUT2D eigenvalue weighted by molar-refractivity contribution is 9.10. The first kappa shape index (κ1) is 14.4. The lowest BCUT2D eigenvalue weighted by molar-refractivity contribution is 0.0977. The fraction of sp³-hybridized carbons (Fsp3) is 0.125. The molecule has 2 aromatic carbocycles. The molecule has 2 rings (SSSR count). The van der Waals surface area contributed by atoms with Crippen molar-refractivity contribution < 1.29 is 9.18 Å². The van der Waals surface area contributed by atoms with Gasteiger partial charge in [-0.1, -0.05) is 45.8 Å². The summed E-state index contributed by atoms with van der Waals surface area (Å²) in [6.07, 6.45) is 0. The Morgan fingerprint density at radius 2 is 1.90 bits per heavy atom. The van der Waals surface area contributed by atoms with Crippen molar-refractivity contribution in [3.05, 3.63) is 69.4 Å². The molecule has 0 amide bonds. The number of ketones is 1. The van der Waals surface area contributed by atoms with E-state index < -0.39 is 17.5 Å². The molecule has 1 atom stereocenters. The zero-order chi connectivity index (χ0) is 14.7. The van der Waals surface area contributed by atoms with Crippen LogP contribution < -0.4 is 0 Å². The van der Waals surface area contributed by atoms with Gasteiger partial charge in [0.1, 0.15) is 11.7 Å². The Morgan fingerprint density at radius 3 is 2.50 bits per heavy atom. The molecule has 0 saturated heterocycles. The summed E-state index contributed by atoms with van der Waals surface area (Å²) in [6.45, 7) is 1.93. The number of nitriles is 1. The van der Waals surface area contributed by atoms with E-state index in [1.54, 1.807) is 12.1 Å². The van der Waals surface area contributed by atoms with Crippen molar-refractivity contribution in [2.45, 2.75) is 12.8 Å². The van der Waals surface area contributed by atoms with Crippen LogP contribution in [0.5, 0.6) is 0 Å². The van der Waals surface area contributed by atoms with Crippen molar-refractivity contribution >= 4 is 21.7 Å². The van der Waals surface area contributed by atoms with Crippen LogP contribution in [0, 0.1) is 24.1 Å². The summed E-state index contributed by atoms with van der Waals surface area (Å²) in [5, 5.41) is 9.26. The average molecular weight is 332 g/mol. The van der Waals surface area contributed by atoms with Crippen molar-refractivity contribution in [3.8, 4) is 6.07 Å². The second-order valence-electron chi connectivity index (χ2n) is 4.46. The lowest BCUT2D eigenvalue weighted by atomic mass is 9.91. The number of rotatable bonds is 3. The van der Waals surface area contributed by atoms with Crippen LogP contribution in [0.2, 0.25) is 0 Å². The van der Waals surface area contributed by atoms with Gasteiger partial charge in [0, 0.05) is 10.0 Å². The Balaban J connectivity index is 2.42. The monoisotopic (exact) mass is 331 g/mol. The zero-order valence-corrected chi connectivity index (χ0v) is 12.3. The maximum atomic E-state index is 13.3. The van der Waals surface area contributed by atoms with Gasteiger partial charge < -0.3 is 0 Å². The van der Waals surface area contributed by atoms with Crippen LogP contribution in [0.1, 0.15) is 27.4 Å². The second-order valence-corrected chi connectivity index (χ2v) is 5.32. The molecular formula is C16H11BrFNO. The van der Waals surface area contributed by atoms with Gasteiger partial charge in [-0.25, -0.2) is 4.39 Å². The number of halogens is 2. The Bertz CT molecular complexity index is 689. The molecular weight excluding hydrogens is 321 g/mol. The van der Waals surface area contributed by atoms with Gasteiger partial charge in [-0.15, -0.1) is 0 Å². The molecule has 1 unspecified atom stereocenters. The molecule has 0 heterocycles. The summed E-state index contributed by atoms with van der Waals surface area (Å²) in [5.41, 5.74) is 1.83. The van der Waals surface area contributed by atoms with E-state index in [0.29, 0.717) is 10.0 Å². The van der Waals surface area contributed by atoms with Crippen molar-refractivity contribution in [1.29, 1.82) is 5.26 Å². The topological polar surface area (TPSA) is 40.9 Å². The third-order valence-electron chi connectivity index (χ3n) is 3.00. The summed E-state index contributed by atoms with van der Waals surface area (Å²) < 4.78 is 13.8. The van der Waals surface area contributed by atoms with Gasteiger partial charge in [-0.2, -0.15) is 5.26 Å². The number of hydrogen-bond donors (Lipinski definition) is 0. The van der Waals surface area contributed by atoms with Gasteiger partial charge in [-0.3, -0.25) is 4.79 Å². The Kier molecular flexibility index (Phi) is 4.31. The van der Waals surface area contributed by atoms with Crippen LogP contribution in [0.15, 0.2) is 46.9 Å². The van der Waals surface area contributed by atoms with E-state index in [9.17, 15) is 14.4 Å². The fourth-order valence-electron chi connectivity index (χ4n) is 1.89. The van der Waals surface area contributed by atoms with E-state index in [0.717, 1.165) is 11.6 Å². The summed E-state index contributed by atoms with van der Waals surface area (Å²) >= 11 is 3.22. The van der Waals surface area contributed by atoms with E-state index in [-0.39, 0.29) is 5.56 Å². The molecule has 0 aliphatic rings. The Labute approximate surface area is 125 Å². The van der Waals surface area contributed by atoms with Gasteiger partial charge in [-0.05, 0) is 30.7 Å². The minimum Gasteiger partial charge on any atom is -0.292 e. The van der Waals surface area contributed by atoms with Crippen LogP contribution in [0.4, 0.5) is 4.39 Å². The largest absolute Gasteiger partial charge is 0.292 e. The predicted molar refractivity (Wildman–Crippen MR) is 78.0 cm³/mol. The highest BCUT2D eigenvalue weighted by Gasteiger charge is 2.23. The van der Waals surface area contributed by atoms with Gasteiger partial charge in [0.05, 0.1) is 6.07 Å². The first-order chi connectivity index (χ1) is 9.52. The van der Waals surface area contributed by atoms with E-state index >= 15 is 0 Å². The first-order valence-electron chi connectivity index (χ1n) is 5.98. The molecule has 0 aromatic heterocycles. The van der Waals surface area contributed by atoms with E-state index in [1.165, 1.54) is 12.1 Å². The molecule has 2 nitrogen and oxygen atoms in total. The predicted octanol–water partition coefficient (Wildman–Crippen LogP) is 4.39. The van der Waals surface area contributed by atoms with E-state index in [4.69, 9.17) is 0 Å². The SMILES string of the molecule is Cc1ccc(C(C#N)C(=O)c2cc(F)ccc2Br)cc1. The molecule has 0 aliphatic heterocycles. The summed E-state index contributed by atoms with van der Waals surface area (Å²) in [4.78, 5) is 12.4. The van der Waals surface area contributed by atoms with E-state index in [2.05, 4.69) is 15.9 Å². The minimum atomic E-state index is -0.936. The number of nitrogens with zero attached hydrogens (tertiary/aromatic N) is 1. The lowest BCUT2D eigenvalue weighted by Crippen LogP contribution is -2.12. The highest BCUT2D eigenvalue weighted by atomic mass is 79.9. The minimum absolute atomic E-state index is 0.178. The van der Waals surface area contributed by atoms with Crippen molar-refractivity contribution in [1.82, 2.24) is 0 Å². The molecule has 0 fully saturated rings. The van der Waals surface area contributed by atoms with Crippen LogP contribution in [0.3, 0.4) is 0 Å².